The van der Waals surface area contributed by atoms with Gasteiger partial charge in [0.25, 0.3) is 0 Å². The molecule has 3 heteroatoms. The summed E-state index contributed by atoms with van der Waals surface area (Å²) < 4.78 is 0. The van der Waals surface area contributed by atoms with Gasteiger partial charge in [0.05, 0.1) is 0 Å². The van der Waals surface area contributed by atoms with Crippen molar-refractivity contribution in [2.45, 2.75) is 19.3 Å². The van der Waals surface area contributed by atoms with Crippen LogP contribution in [-0.4, -0.2) is 19.9 Å². The molecule has 1 fully saturated rings. The first-order valence-corrected chi connectivity index (χ1v) is 8.78. The highest BCUT2D eigenvalue weighted by molar-refractivity contribution is 7.10. The zero-order valence-electron chi connectivity index (χ0n) is 13.6. The van der Waals surface area contributed by atoms with Crippen LogP contribution in [0.2, 0.25) is 0 Å². The third-order valence-corrected chi connectivity index (χ3v) is 4.90. The van der Waals surface area contributed by atoms with Crippen molar-refractivity contribution in [3.05, 3.63) is 63.4 Å². The summed E-state index contributed by atoms with van der Waals surface area (Å²) in [6.45, 7) is 0. The number of hydrogen-bond donors (Lipinski definition) is 0. The lowest BCUT2D eigenvalue weighted by atomic mass is 9.87. The first-order valence-electron chi connectivity index (χ1n) is 7.90. The molecule has 1 aromatic heterocycles. The predicted octanol–water partition coefficient (Wildman–Crippen LogP) is 5.03. The second-order valence-electron chi connectivity index (χ2n) is 6.02. The highest BCUT2D eigenvalue weighted by atomic mass is 32.1. The van der Waals surface area contributed by atoms with Gasteiger partial charge in [-0.05, 0) is 60.6 Å². The zero-order chi connectivity index (χ0) is 16.2. The molecule has 0 bridgehead atoms. The number of rotatable bonds is 3. The van der Waals surface area contributed by atoms with Crippen molar-refractivity contribution in [1.82, 2.24) is 0 Å². The van der Waals surface area contributed by atoms with Crippen LogP contribution in [0.5, 0.6) is 0 Å². The summed E-state index contributed by atoms with van der Waals surface area (Å²) in [5.41, 5.74) is 4.13. The summed E-state index contributed by atoms with van der Waals surface area (Å²) in [6, 6.07) is 12.4. The molecule has 0 unspecified atom stereocenters. The summed E-state index contributed by atoms with van der Waals surface area (Å²) >= 11 is 1.68. The van der Waals surface area contributed by atoms with E-state index in [-0.39, 0.29) is 5.78 Å². The minimum atomic E-state index is 0.210. The van der Waals surface area contributed by atoms with Gasteiger partial charge in [0.1, 0.15) is 0 Å². The second kappa shape index (κ2) is 6.97. The molecular formula is C20H21NOS. The number of nitrogens with zero attached hydrogens (tertiary/aromatic N) is 1. The maximum atomic E-state index is 12.7. The van der Waals surface area contributed by atoms with E-state index in [1.807, 2.05) is 31.6 Å². The Hall–Kier alpha value is -2.13. The van der Waals surface area contributed by atoms with Crippen molar-refractivity contribution >= 4 is 35.0 Å². The van der Waals surface area contributed by atoms with E-state index in [9.17, 15) is 4.79 Å². The van der Waals surface area contributed by atoms with Crippen LogP contribution in [0, 0.1) is 0 Å². The molecule has 2 nitrogen and oxygen atoms in total. The Labute approximate surface area is 141 Å². The molecule has 1 heterocycles. The number of benzene rings is 1. The Morgan fingerprint density at radius 3 is 2.30 bits per heavy atom. The first-order chi connectivity index (χ1) is 11.1. The van der Waals surface area contributed by atoms with Crippen LogP contribution in [0.15, 0.2) is 52.9 Å². The summed E-state index contributed by atoms with van der Waals surface area (Å²) in [5, 5.41) is 2.04. The molecule has 0 amide bonds. The van der Waals surface area contributed by atoms with E-state index in [0.29, 0.717) is 0 Å². The molecule has 2 aromatic rings. The molecule has 0 radical (unpaired) electrons. The van der Waals surface area contributed by atoms with Gasteiger partial charge in [0.15, 0.2) is 5.78 Å². The third-order valence-electron chi connectivity index (χ3n) is 4.09. The molecule has 23 heavy (non-hydrogen) atoms. The number of anilines is 1. The fourth-order valence-corrected chi connectivity index (χ4v) is 3.47. The molecule has 1 aliphatic carbocycles. The number of Topliss-reactive ketones (excluding diaryl/α,β-unsaturated/α-hetero) is 1. The van der Waals surface area contributed by atoms with E-state index in [0.717, 1.165) is 40.8 Å². The Balaban J connectivity index is 1.83. The summed E-state index contributed by atoms with van der Waals surface area (Å²) in [4.78, 5) is 15.9. The number of thiophene rings is 1. The van der Waals surface area contributed by atoms with Gasteiger partial charge in [-0.2, -0.15) is 0 Å². The van der Waals surface area contributed by atoms with Gasteiger partial charge in [-0.1, -0.05) is 18.2 Å². The zero-order valence-corrected chi connectivity index (χ0v) is 14.4. The SMILES string of the molecule is CN(C)c1ccc(/C=C2\CCC/C(=C\c3cccs3)C2=O)cc1. The average Bonchev–Trinajstić information content (AvgIpc) is 3.05. The van der Waals surface area contributed by atoms with Gasteiger partial charge in [-0.25, -0.2) is 0 Å². The molecule has 0 spiro atoms. The quantitative estimate of drug-likeness (QED) is 0.738. The number of carbonyl (C=O) groups excluding carboxylic acids is 1. The van der Waals surface area contributed by atoms with E-state index in [1.54, 1.807) is 11.3 Å². The molecule has 0 N–H and O–H groups in total. The van der Waals surface area contributed by atoms with Gasteiger partial charge in [0, 0.05) is 35.8 Å². The summed E-state index contributed by atoms with van der Waals surface area (Å²) in [5.74, 6) is 0.210. The Morgan fingerprint density at radius 1 is 1.00 bits per heavy atom. The molecule has 0 atom stereocenters. The molecule has 1 aromatic carbocycles. The van der Waals surface area contributed by atoms with E-state index in [4.69, 9.17) is 0 Å². The van der Waals surface area contributed by atoms with Crippen molar-refractivity contribution in [3.63, 3.8) is 0 Å². The van der Waals surface area contributed by atoms with E-state index in [2.05, 4.69) is 41.3 Å². The van der Waals surface area contributed by atoms with Crippen molar-refractivity contribution in [1.29, 1.82) is 0 Å². The Bertz CT molecular complexity index is 736. The average molecular weight is 323 g/mol. The van der Waals surface area contributed by atoms with Crippen LogP contribution in [0.1, 0.15) is 29.7 Å². The van der Waals surface area contributed by atoms with Crippen LogP contribution >= 0.6 is 11.3 Å². The molecule has 1 saturated carbocycles. The van der Waals surface area contributed by atoms with Crippen molar-refractivity contribution in [3.8, 4) is 0 Å². The molecule has 1 aliphatic rings. The first kappa shape index (κ1) is 15.8. The summed E-state index contributed by atoms with van der Waals surface area (Å²) in [7, 11) is 4.06. The highest BCUT2D eigenvalue weighted by Crippen LogP contribution is 2.29. The van der Waals surface area contributed by atoms with Crippen LogP contribution in [0.4, 0.5) is 5.69 Å². The van der Waals surface area contributed by atoms with Crippen LogP contribution in [-0.2, 0) is 4.79 Å². The number of ketones is 1. The van der Waals surface area contributed by atoms with Crippen LogP contribution < -0.4 is 4.90 Å². The van der Waals surface area contributed by atoms with Crippen LogP contribution in [0.3, 0.4) is 0 Å². The van der Waals surface area contributed by atoms with Gasteiger partial charge in [-0.3, -0.25) is 4.79 Å². The highest BCUT2D eigenvalue weighted by Gasteiger charge is 2.20. The fourth-order valence-electron chi connectivity index (χ4n) is 2.79. The van der Waals surface area contributed by atoms with Crippen molar-refractivity contribution in [2.24, 2.45) is 0 Å². The van der Waals surface area contributed by atoms with Gasteiger partial charge >= 0.3 is 0 Å². The van der Waals surface area contributed by atoms with Crippen molar-refractivity contribution in [2.75, 3.05) is 19.0 Å². The molecule has 3 rings (SSSR count). The van der Waals surface area contributed by atoms with E-state index in [1.165, 1.54) is 5.69 Å². The topological polar surface area (TPSA) is 20.3 Å². The molecule has 0 aliphatic heterocycles. The van der Waals surface area contributed by atoms with E-state index >= 15 is 0 Å². The maximum absolute atomic E-state index is 12.7. The smallest absolute Gasteiger partial charge is 0.185 e. The van der Waals surface area contributed by atoms with Gasteiger partial charge in [0.2, 0.25) is 0 Å². The monoisotopic (exact) mass is 323 g/mol. The largest absolute Gasteiger partial charge is 0.378 e. The van der Waals surface area contributed by atoms with Crippen LogP contribution in [0.25, 0.3) is 12.2 Å². The number of hydrogen-bond acceptors (Lipinski definition) is 3. The lowest BCUT2D eigenvalue weighted by Crippen LogP contribution is -2.12. The normalized spacial score (nSPS) is 18.6. The van der Waals surface area contributed by atoms with Gasteiger partial charge in [-0.15, -0.1) is 11.3 Å². The molecular weight excluding hydrogens is 302 g/mol. The standard InChI is InChI=1S/C20H21NOS/c1-21(2)18-10-8-15(9-11-18)13-16-5-3-6-17(20(16)22)14-19-7-4-12-23-19/h4,7-14H,3,5-6H2,1-2H3/b16-13+,17-14+. The second-order valence-corrected chi connectivity index (χ2v) is 7.00. The maximum Gasteiger partial charge on any atom is 0.185 e. The third kappa shape index (κ3) is 3.80. The lowest BCUT2D eigenvalue weighted by molar-refractivity contribution is -0.112. The number of allylic oxidation sites excluding steroid dienone is 2. The van der Waals surface area contributed by atoms with E-state index < -0.39 is 0 Å². The Kier molecular flexibility index (Phi) is 4.77. The summed E-state index contributed by atoms with van der Waals surface area (Å²) in [6.07, 6.45) is 6.90. The molecule has 118 valence electrons. The fraction of sp³-hybridized carbons (Fsp3) is 0.250. The van der Waals surface area contributed by atoms with Crippen molar-refractivity contribution < 1.29 is 4.79 Å². The minimum absolute atomic E-state index is 0.210. The number of carbonyl (C=O) groups is 1. The Morgan fingerprint density at radius 2 is 1.70 bits per heavy atom. The molecule has 0 saturated heterocycles. The lowest BCUT2D eigenvalue weighted by Gasteiger charge is -2.16. The van der Waals surface area contributed by atoms with Gasteiger partial charge < -0.3 is 4.90 Å². The minimum Gasteiger partial charge on any atom is -0.378 e. The predicted molar refractivity (Wildman–Crippen MR) is 99.9 cm³/mol.